The van der Waals surface area contributed by atoms with Gasteiger partial charge in [-0.15, -0.1) is 0 Å². The smallest absolute Gasteiger partial charge is 0.410 e. The first-order valence-electron chi connectivity index (χ1n) is 7.61. The van der Waals surface area contributed by atoms with E-state index in [1.165, 1.54) is 0 Å². The first-order chi connectivity index (χ1) is 11.2. The van der Waals surface area contributed by atoms with Crippen LogP contribution >= 0.6 is 0 Å². The van der Waals surface area contributed by atoms with E-state index in [1.54, 1.807) is 11.1 Å². The molecule has 0 spiro atoms. The van der Waals surface area contributed by atoms with Crippen molar-refractivity contribution in [2.45, 2.75) is 13.5 Å². The summed E-state index contributed by atoms with van der Waals surface area (Å²) in [5, 5.41) is 0. The lowest BCUT2D eigenvalue weighted by molar-refractivity contribution is 0.0248. The summed E-state index contributed by atoms with van der Waals surface area (Å²) in [5.74, 6) is 0.673. The van der Waals surface area contributed by atoms with Gasteiger partial charge in [-0.25, -0.2) is 14.8 Å². The Kier molecular flexibility index (Phi) is 4.83. The molecule has 0 aliphatic carbocycles. The maximum atomic E-state index is 12.0. The topological polar surface area (TPSA) is 64.6 Å². The van der Waals surface area contributed by atoms with Crippen LogP contribution in [0.25, 0.3) is 11.4 Å². The standard InChI is InChI=1S/C17H19N3O3/c1-13-15(12-23-17(21)20-7-9-22-10-8-20)11-18-16(19-13)14-5-3-2-4-6-14/h2-6,11H,7-10,12H2,1H3. The van der Waals surface area contributed by atoms with Gasteiger partial charge in [-0.3, -0.25) is 0 Å². The van der Waals surface area contributed by atoms with E-state index in [2.05, 4.69) is 9.97 Å². The van der Waals surface area contributed by atoms with Crippen LogP contribution in [0.2, 0.25) is 0 Å². The summed E-state index contributed by atoms with van der Waals surface area (Å²) < 4.78 is 10.6. The summed E-state index contributed by atoms with van der Waals surface area (Å²) in [6.07, 6.45) is 1.40. The van der Waals surface area contributed by atoms with Gasteiger partial charge >= 0.3 is 6.09 Å². The molecule has 0 unspecified atom stereocenters. The van der Waals surface area contributed by atoms with Crippen LogP contribution in [0.15, 0.2) is 36.5 Å². The zero-order valence-electron chi connectivity index (χ0n) is 13.1. The van der Waals surface area contributed by atoms with Crippen molar-refractivity contribution in [1.82, 2.24) is 14.9 Å². The number of aromatic nitrogens is 2. The lowest BCUT2D eigenvalue weighted by Gasteiger charge is -2.26. The normalized spacial score (nSPS) is 14.6. The summed E-state index contributed by atoms with van der Waals surface area (Å²) in [7, 11) is 0. The number of hydrogen-bond acceptors (Lipinski definition) is 5. The first kappa shape index (κ1) is 15.4. The third-order valence-corrected chi connectivity index (χ3v) is 3.73. The Morgan fingerprint density at radius 2 is 2.00 bits per heavy atom. The first-order valence-corrected chi connectivity index (χ1v) is 7.61. The van der Waals surface area contributed by atoms with Gasteiger partial charge in [0, 0.05) is 36.1 Å². The highest BCUT2D eigenvalue weighted by Gasteiger charge is 2.18. The van der Waals surface area contributed by atoms with Gasteiger partial charge in [0.25, 0.3) is 0 Å². The average Bonchev–Trinajstić information content (AvgIpc) is 2.62. The molecule has 1 fully saturated rings. The van der Waals surface area contributed by atoms with Crippen molar-refractivity contribution in [3.05, 3.63) is 47.8 Å². The summed E-state index contributed by atoms with van der Waals surface area (Å²) in [4.78, 5) is 22.5. The van der Waals surface area contributed by atoms with Crippen LogP contribution in [0, 0.1) is 6.92 Å². The van der Waals surface area contributed by atoms with E-state index in [9.17, 15) is 4.79 Å². The number of carbonyl (C=O) groups is 1. The molecule has 2 aromatic rings. The van der Waals surface area contributed by atoms with Gasteiger partial charge in [0.2, 0.25) is 0 Å². The number of nitrogens with zero attached hydrogens (tertiary/aromatic N) is 3. The summed E-state index contributed by atoms with van der Waals surface area (Å²) >= 11 is 0. The number of amides is 1. The van der Waals surface area contributed by atoms with Crippen LogP contribution in [-0.4, -0.2) is 47.3 Å². The fraction of sp³-hybridized carbons (Fsp3) is 0.353. The van der Waals surface area contributed by atoms with Crippen LogP contribution < -0.4 is 0 Å². The molecule has 0 saturated carbocycles. The summed E-state index contributed by atoms with van der Waals surface area (Å²) in [5.41, 5.74) is 2.59. The van der Waals surface area contributed by atoms with Crippen molar-refractivity contribution in [2.75, 3.05) is 26.3 Å². The van der Waals surface area contributed by atoms with Gasteiger partial charge < -0.3 is 14.4 Å². The number of rotatable bonds is 3. The molecule has 6 nitrogen and oxygen atoms in total. The number of morpholine rings is 1. The Morgan fingerprint density at radius 3 is 2.70 bits per heavy atom. The van der Waals surface area contributed by atoms with Crippen LogP contribution in [0.3, 0.4) is 0 Å². The zero-order chi connectivity index (χ0) is 16.1. The van der Waals surface area contributed by atoms with Crippen LogP contribution in [0.1, 0.15) is 11.3 Å². The Balaban J connectivity index is 1.63. The predicted molar refractivity (Wildman–Crippen MR) is 84.8 cm³/mol. The molecule has 1 saturated heterocycles. The van der Waals surface area contributed by atoms with E-state index in [0.29, 0.717) is 32.1 Å². The van der Waals surface area contributed by atoms with Crippen molar-refractivity contribution in [3.8, 4) is 11.4 Å². The third kappa shape index (κ3) is 3.84. The fourth-order valence-corrected chi connectivity index (χ4v) is 2.34. The number of hydrogen-bond donors (Lipinski definition) is 0. The second kappa shape index (κ2) is 7.19. The molecule has 1 aliphatic rings. The van der Waals surface area contributed by atoms with E-state index in [0.717, 1.165) is 16.8 Å². The van der Waals surface area contributed by atoms with Crippen molar-refractivity contribution in [1.29, 1.82) is 0 Å². The molecule has 6 heteroatoms. The number of carbonyl (C=O) groups excluding carboxylic acids is 1. The average molecular weight is 313 g/mol. The number of benzene rings is 1. The Bertz CT molecular complexity index is 670. The minimum atomic E-state index is -0.320. The lowest BCUT2D eigenvalue weighted by atomic mass is 10.2. The van der Waals surface area contributed by atoms with Crippen molar-refractivity contribution >= 4 is 6.09 Å². The third-order valence-electron chi connectivity index (χ3n) is 3.73. The second-order valence-corrected chi connectivity index (χ2v) is 5.32. The van der Waals surface area contributed by atoms with Crippen molar-refractivity contribution in [2.24, 2.45) is 0 Å². The summed E-state index contributed by atoms with van der Waals surface area (Å²) in [6.45, 7) is 4.33. The second-order valence-electron chi connectivity index (χ2n) is 5.32. The Morgan fingerprint density at radius 1 is 1.26 bits per heavy atom. The number of ether oxygens (including phenoxy) is 2. The highest BCUT2D eigenvalue weighted by molar-refractivity contribution is 5.67. The number of aryl methyl sites for hydroxylation is 1. The van der Waals surface area contributed by atoms with Gasteiger partial charge in [0.05, 0.1) is 13.2 Å². The zero-order valence-corrected chi connectivity index (χ0v) is 13.1. The highest BCUT2D eigenvalue weighted by Crippen LogP contribution is 2.16. The molecule has 1 aromatic carbocycles. The van der Waals surface area contributed by atoms with Crippen molar-refractivity contribution < 1.29 is 14.3 Å². The largest absolute Gasteiger partial charge is 0.444 e. The van der Waals surface area contributed by atoms with Crippen LogP contribution in [0.5, 0.6) is 0 Å². The SMILES string of the molecule is Cc1nc(-c2ccccc2)ncc1COC(=O)N1CCOCC1. The molecule has 0 atom stereocenters. The van der Waals surface area contributed by atoms with Crippen LogP contribution in [-0.2, 0) is 16.1 Å². The van der Waals surface area contributed by atoms with Gasteiger partial charge in [-0.1, -0.05) is 30.3 Å². The van der Waals surface area contributed by atoms with E-state index >= 15 is 0 Å². The Labute approximate surface area is 135 Å². The molecule has 0 bridgehead atoms. The summed E-state index contributed by atoms with van der Waals surface area (Å²) in [6, 6.07) is 9.79. The lowest BCUT2D eigenvalue weighted by Crippen LogP contribution is -2.40. The van der Waals surface area contributed by atoms with E-state index < -0.39 is 0 Å². The molecular weight excluding hydrogens is 294 g/mol. The minimum Gasteiger partial charge on any atom is -0.444 e. The molecule has 0 radical (unpaired) electrons. The quantitative estimate of drug-likeness (QED) is 0.870. The maximum absolute atomic E-state index is 12.0. The minimum absolute atomic E-state index is 0.178. The van der Waals surface area contributed by atoms with Gasteiger partial charge in [0.15, 0.2) is 5.82 Å². The van der Waals surface area contributed by atoms with Gasteiger partial charge in [-0.2, -0.15) is 0 Å². The Hall–Kier alpha value is -2.47. The molecule has 0 N–H and O–H groups in total. The van der Waals surface area contributed by atoms with Crippen LogP contribution in [0.4, 0.5) is 4.79 Å². The molecule has 2 heterocycles. The molecular formula is C17H19N3O3. The molecule has 1 amide bonds. The molecule has 120 valence electrons. The fourth-order valence-electron chi connectivity index (χ4n) is 2.34. The predicted octanol–water partition coefficient (Wildman–Crippen LogP) is 2.42. The van der Waals surface area contributed by atoms with E-state index in [-0.39, 0.29) is 12.7 Å². The molecule has 1 aromatic heterocycles. The van der Waals surface area contributed by atoms with Gasteiger partial charge in [0.1, 0.15) is 6.61 Å². The van der Waals surface area contributed by atoms with E-state index in [4.69, 9.17) is 9.47 Å². The van der Waals surface area contributed by atoms with E-state index in [1.807, 2.05) is 37.3 Å². The molecule has 23 heavy (non-hydrogen) atoms. The van der Waals surface area contributed by atoms with Gasteiger partial charge in [-0.05, 0) is 6.92 Å². The monoisotopic (exact) mass is 313 g/mol. The maximum Gasteiger partial charge on any atom is 0.410 e. The highest BCUT2D eigenvalue weighted by atomic mass is 16.6. The molecule has 1 aliphatic heterocycles. The van der Waals surface area contributed by atoms with Crippen molar-refractivity contribution in [3.63, 3.8) is 0 Å². The molecule has 3 rings (SSSR count).